The highest BCUT2D eigenvalue weighted by molar-refractivity contribution is 5.80. The van der Waals surface area contributed by atoms with E-state index in [-0.39, 0.29) is 23.9 Å². The molecule has 1 aliphatic carbocycles. The lowest BCUT2D eigenvalue weighted by Crippen LogP contribution is -2.49. The molecule has 106 valence electrons. The van der Waals surface area contributed by atoms with Gasteiger partial charge in [0.2, 0.25) is 5.91 Å². The normalized spacial score (nSPS) is 30.2. The molecule has 0 aromatic heterocycles. The molecule has 1 saturated carbocycles. The summed E-state index contributed by atoms with van der Waals surface area (Å²) in [6.45, 7) is 8.68. The Morgan fingerprint density at radius 3 is 2.50 bits per heavy atom. The Morgan fingerprint density at radius 2 is 1.94 bits per heavy atom. The Hall–Kier alpha value is -0.570. The van der Waals surface area contributed by atoms with E-state index < -0.39 is 0 Å². The zero-order valence-electron chi connectivity index (χ0n) is 12.4. The number of hydrogen-bond acceptors (Lipinski definition) is 2. The van der Waals surface area contributed by atoms with Gasteiger partial charge in [-0.15, -0.1) is 0 Å². The van der Waals surface area contributed by atoms with Crippen molar-refractivity contribution < 1.29 is 4.79 Å². The summed E-state index contributed by atoms with van der Waals surface area (Å²) in [5, 5.41) is 3.15. The van der Waals surface area contributed by atoms with Crippen molar-refractivity contribution in [1.29, 1.82) is 0 Å². The lowest BCUT2D eigenvalue weighted by molar-refractivity contribution is -0.128. The summed E-state index contributed by atoms with van der Waals surface area (Å²) in [5.74, 6) is 1.30. The van der Waals surface area contributed by atoms with Gasteiger partial charge >= 0.3 is 0 Å². The lowest BCUT2D eigenvalue weighted by atomic mass is 9.76. The lowest BCUT2D eigenvalue weighted by Gasteiger charge is -2.34. The van der Waals surface area contributed by atoms with E-state index in [2.05, 4.69) is 33.0 Å². The molecule has 3 heteroatoms. The third-order valence-corrected chi connectivity index (χ3v) is 4.14. The van der Waals surface area contributed by atoms with Gasteiger partial charge in [0, 0.05) is 12.1 Å². The summed E-state index contributed by atoms with van der Waals surface area (Å²) in [6, 6.07) is 0.312. The Kier molecular flexibility index (Phi) is 6.13. The average molecular weight is 254 g/mol. The van der Waals surface area contributed by atoms with Crippen LogP contribution in [0.4, 0.5) is 0 Å². The molecule has 1 amide bonds. The zero-order chi connectivity index (χ0) is 13.7. The quantitative estimate of drug-likeness (QED) is 0.792. The van der Waals surface area contributed by atoms with Crippen LogP contribution < -0.4 is 11.1 Å². The van der Waals surface area contributed by atoms with E-state index in [0.717, 1.165) is 32.1 Å². The molecule has 0 bridgehead atoms. The highest BCUT2D eigenvalue weighted by atomic mass is 16.2. The van der Waals surface area contributed by atoms with Crippen molar-refractivity contribution in [3.63, 3.8) is 0 Å². The van der Waals surface area contributed by atoms with Gasteiger partial charge in [-0.2, -0.15) is 0 Å². The molecule has 3 N–H and O–H groups in total. The number of rotatable bonds is 5. The first-order chi connectivity index (χ1) is 8.41. The second-order valence-corrected chi connectivity index (χ2v) is 6.48. The third kappa shape index (κ3) is 4.60. The average Bonchev–Trinajstić information content (AvgIpc) is 2.26. The fourth-order valence-electron chi connectivity index (χ4n) is 2.90. The third-order valence-electron chi connectivity index (χ3n) is 4.14. The molecule has 0 heterocycles. The van der Waals surface area contributed by atoms with Crippen LogP contribution in [-0.4, -0.2) is 18.0 Å². The van der Waals surface area contributed by atoms with Crippen LogP contribution in [-0.2, 0) is 4.79 Å². The van der Waals surface area contributed by atoms with Crippen molar-refractivity contribution >= 4 is 5.91 Å². The summed E-state index contributed by atoms with van der Waals surface area (Å²) < 4.78 is 0. The maximum absolute atomic E-state index is 12.3. The van der Waals surface area contributed by atoms with Crippen molar-refractivity contribution in [3.05, 3.63) is 0 Å². The minimum Gasteiger partial charge on any atom is -0.353 e. The Balaban J connectivity index is 2.43. The van der Waals surface area contributed by atoms with Crippen molar-refractivity contribution in [2.75, 3.05) is 0 Å². The maximum atomic E-state index is 12.3. The van der Waals surface area contributed by atoms with Gasteiger partial charge in [-0.05, 0) is 44.4 Å². The molecule has 18 heavy (non-hydrogen) atoms. The first-order valence-corrected chi connectivity index (χ1v) is 7.47. The second kappa shape index (κ2) is 7.13. The number of carbonyl (C=O) groups is 1. The first-order valence-electron chi connectivity index (χ1n) is 7.47. The second-order valence-electron chi connectivity index (χ2n) is 6.48. The number of carbonyl (C=O) groups excluding carboxylic acids is 1. The Morgan fingerprint density at radius 1 is 1.28 bits per heavy atom. The van der Waals surface area contributed by atoms with Gasteiger partial charge in [-0.25, -0.2) is 0 Å². The summed E-state index contributed by atoms with van der Waals surface area (Å²) in [6.07, 6.45) is 5.50. The minimum absolute atomic E-state index is 0.0141. The predicted octanol–water partition coefficient (Wildman–Crippen LogP) is 2.69. The van der Waals surface area contributed by atoms with Gasteiger partial charge in [0.15, 0.2) is 0 Å². The molecule has 1 rings (SSSR count). The topological polar surface area (TPSA) is 55.1 Å². The molecule has 0 aromatic rings. The van der Waals surface area contributed by atoms with Gasteiger partial charge in [0.05, 0.1) is 5.92 Å². The van der Waals surface area contributed by atoms with Crippen molar-refractivity contribution in [3.8, 4) is 0 Å². The maximum Gasteiger partial charge on any atom is 0.225 e. The highest BCUT2D eigenvalue weighted by Crippen LogP contribution is 2.29. The van der Waals surface area contributed by atoms with Crippen LogP contribution in [0.3, 0.4) is 0 Å². The predicted molar refractivity (Wildman–Crippen MR) is 76.2 cm³/mol. The van der Waals surface area contributed by atoms with Crippen molar-refractivity contribution in [1.82, 2.24) is 5.32 Å². The minimum atomic E-state index is 0.0141. The first kappa shape index (κ1) is 15.5. The number of hydrogen-bond donors (Lipinski definition) is 2. The SMILES string of the molecule is CC(C)CCC(C)NC(=O)C1C(C)CCCC1N. The van der Waals surface area contributed by atoms with Gasteiger partial charge < -0.3 is 11.1 Å². The fourth-order valence-corrected chi connectivity index (χ4v) is 2.90. The molecule has 3 nitrogen and oxygen atoms in total. The number of amides is 1. The molecular weight excluding hydrogens is 224 g/mol. The molecule has 0 radical (unpaired) electrons. The monoisotopic (exact) mass is 254 g/mol. The van der Waals surface area contributed by atoms with Gasteiger partial charge in [0.1, 0.15) is 0 Å². The van der Waals surface area contributed by atoms with Crippen LogP contribution in [0, 0.1) is 17.8 Å². The van der Waals surface area contributed by atoms with E-state index in [1.54, 1.807) is 0 Å². The molecule has 4 atom stereocenters. The van der Waals surface area contributed by atoms with E-state index in [9.17, 15) is 4.79 Å². The molecule has 1 fully saturated rings. The highest BCUT2D eigenvalue weighted by Gasteiger charge is 2.34. The summed E-state index contributed by atoms with van der Waals surface area (Å²) in [7, 11) is 0. The number of nitrogens with two attached hydrogens (primary N) is 1. The van der Waals surface area contributed by atoms with Gasteiger partial charge in [-0.1, -0.05) is 27.2 Å². The molecule has 1 aliphatic rings. The van der Waals surface area contributed by atoms with E-state index in [4.69, 9.17) is 5.73 Å². The van der Waals surface area contributed by atoms with Crippen LogP contribution in [0.1, 0.15) is 59.8 Å². The Bertz CT molecular complexity index is 255. The van der Waals surface area contributed by atoms with Crippen molar-refractivity contribution in [2.45, 2.75) is 71.9 Å². The van der Waals surface area contributed by atoms with Crippen LogP contribution in [0.2, 0.25) is 0 Å². The fraction of sp³-hybridized carbons (Fsp3) is 0.933. The summed E-state index contributed by atoms with van der Waals surface area (Å²) in [5.41, 5.74) is 6.11. The zero-order valence-corrected chi connectivity index (χ0v) is 12.4. The van der Waals surface area contributed by atoms with Crippen LogP contribution in [0.15, 0.2) is 0 Å². The van der Waals surface area contributed by atoms with Crippen LogP contribution in [0.5, 0.6) is 0 Å². The number of nitrogens with one attached hydrogen (secondary N) is 1. The summed E-state index contributed by atoms with van der Waals surface area (Å²) in [4.78, 5) is 12.3. The molecule has 0 aliphatic heterocycles. The van der Waals surface area contributed by atoms with Gasteiger partial charge in [-0.3, -0.25) is 4.79 Å². The molecule has 0 spiro atoms. The van der Waals surface area contributed by atoms with E-state index >= 15 is 0 Å². The molecular formula is C15H30N2O. The van der Waals surface area contributed by atoms with E-state index in [1.807, 2.05) is 0 Å². The smallest absolute Gasteiger partial charge is 0.225 e. The molecule has 0 saturated heterocycles. The molecule has 4 unspecified atom stereocenters. The largest absolute Gasteiger partial charge is 0.353 e. The Labute approximate surface area is 112 Å². The van der Waals surface area contributed by atoms with E-state index in [0.29, 0.717) is 11.8 Å². The summed E-state index contributed by atoms with van der Waals surface area (Å²) >= 11 is 0. The molecule has 0 aromatic carbocycles. The standard InChI is InChI=1S/C15H30N2O/c1-10(2)8-9-12(4)17-15(18)14-11(3)6-5-7-13(14)16/h10-14H,5-9,16H2,1-4H3,(H,17,18). The van der Waals surface area contributed by atoms with Crippen LogP contribution >= 0.6 is 0 Å². The van der Waals surface area contributed by atoms with Crippen LogP contribution in [0.25, 0.3) is 0 Å². The van der Waals surface area contributed by atoms with Gasteiger partial charge in [0.25, 0.3) is 0 Å². The van der Waals surface area contributed by atoms with E-state index in [1.165, 1.54) is 0 Å². The van der Waals surface area contributed by atoms with Crippen molar-refractivity contribution in [2.24, 2.45) is 23.5 Å².